The first-order chi connectivity index (χ1) is 11.9. The lowest BCUT2D eigenvalue weighted by molar-refractivity contribution is -0.958. The fourth-order valence-corrected chi connectivity index (χ4v) is 4.32. The van der Waals surface area contributed by atoms with Crippen LogP contribution in [0.25, 0.3) is 11.6 Å². The number of rotatable bonds is 4. The maximum atomic E-state index is 11.4. The van der Waals surface area contributed by atoms with Gasteiger partial charge in [0.15, 0.2) is 6.10 Å². The molecule has 5 rings (SSSR count). The summed E-state index contributed by atoms with van der Waals surface area (Å²) in [5.41, 5.74) is 1.74. The zero-order valence-corrected chi connectivity index (χ0v) is 14.9. The number of carbonyl (C=O) groups is 1. The summed E-state index contributed by atoms with van der Waals surface area (Å²) in [4.78, 5) is 16.0. The molecular formula is C17H24N5O3+. The number of aromatic nitrogens is 4. The lowest BCUT2D eigenvalue weighted by Crippen LogP contribution is -2.63. The van der Waals surface area contributed by atoms with E-state index in [4.69, 9.17) is 9.26 Å². The normalized spacial score (nSPS) is 28.3. The summed E-state index contributed by atoms with van der Waals surface area (Å²) in [5, 5.41) is 8.51. The first-order valence-electron chi connectivity index (χ1n) is 8.80. The van der Waals surface area contributed by atoms with Gasteiger partial charge in [-0.15, -0.1) is 0 Å². The molecule has 8 heteroatoms. The molecule has 0 spiro atoms. The van der Waals surface area contributed by atoms with Gasteiger partial charge in [0, 0.05) is 32.7 Å². The van der Waals surface area contributed by atoms with Crippen LogP contribution in [-0.4, -0.2) is 56.1 Å². The van der Waals surface area contributed by atoms with Crippen molar-refractivity contribution in [2.24, 2.45) is 13.0 Å². The molecule has 1 atom stereocenters. The predicted octanol–water partition coefficient (Wildman–Crippen LogP) is 1.45. The van der Waals surface area contributed by atoms with E-state index in [9.17, 15) is 4.79 Å². The Labute approximate surface area is 146 Å². The van der Waals surface area contributed by atoms with Crippen LogP contribution in [0.2, 0.25) is 0 Å². The number of esters is 1. The molecule has 0 aliphatic carbocycles. The van der Waals surface area contributed by atoms with Crippen molar-refractivity contribution in [1.82, 2.24) is 19.9 Å². The number of hydrogen-bond acceptors (Lipinski definition) is 6. The summed E-state index contributed by atoms with van der Waals surface area (Å²) in [6.45, 7) is 7.15. The van der Waals surface area contributed by atoms with Gasteiger partial charge in [0.05, 0.1) is 18.8 Å². The zero-order chi connectivity index (χ0) is 17.6. The van der Waals surface area contributed by atoms with Crippen LogP contribution in [0, 0.1) is 12.8 Å². The minimum absolute atomic E-state index is 0.0195. The Bertz CT molecular complexity index is 788. The van der Waals surface area contributed by atoms with Gasteiger partial charge in [-0.25, -0.2) is 0 Å². The molecule has 3 saturated heterocycles. The highest BCUT2D eigenvalue weighted by atomic mass is 16.5. The third-order valence-electron chi connectivity index (χ3n) is 5.52. The van der Waals surface area contributed by atoms with Crippen LogP contribution < -0.4 is 0 Å². The molecule has 1 unspecified atom stereocenters. The molecule has 25 heavy (non-hydrogen) atoms. The molecule has 3 fully saturated rings. The molecule has 0 saturated carbocycles. The second-order valence-corrected chi connectivity index (χ2v) is 7.43. The van der Waals surface area contributed by atoms with Crippen LogP contribution in [0.4, 0.5) is 0 Å². The van der Waals surface area contributed by atoms with Crippen LogP contribution in [-0.2, 0) is 23.1 Å². The molecule has 8 nitrogen and oxygen atoms in total. The van der Waals surface area contributed by atoms with Crippen molar-refractivity contribution < 1.29 is 18.5 Å². The molecule has 0 N–H and O–H groups in total. The van der Waals surface area contributed by atoms with Crippen molar-refractivity contribution in [1.29, 1.82) is 0 Å². The van der Waals surface area contributed by atoms with Crippen molar-refractivity contribution in [3.8, 4) is 11.6 Å². The van der Waals surface area contributed by atoms with Crippen LogP contribution >= 0.6 is 0 Å². The highest BCUT2D eigenvalue weighted by Gasteiger charge is 2.48. The first-order valence-corrected chi connectivity index (χ1v) is 8.80. The summed E-state index contributed by atoms with van der Waals surface area (Å²) in [6.07, 6.45) is 2.19. The van der Waals surface area contributed by atoms with Gasteiger partial charge in [-0.1, -0.05) is 5.16 Å². The quantitative estimate of drug-likeness (QED) is 0.615. The highest BCUT2D eigenvalue weighted by molar-refractivity contribution is 5.66. The van der Waals surface area contributed by atoms with E-state index < -0.39 is 0 Å². The SMILES string of the molecule is CC(=O)OC1C[N+]2(Cc3noc(-c4cc(C)nn4C)n3)CCC1CC2. The molecule has 2 aromatic rings. The Morgan fingerprint density at radius 3 is 2.84 bits per heavy atom. The molecule has 5 heterocycles. The van der Waals surface area contributed by atoms with Gasteiger partial charge >= 0.3 is 5.97 Å². The summed E-state index contributed by atoms with van der Waals surface area (Å²) in [5.74, 6) is 1.52. The second-order valence-electron chi connectivity index (χ2n) is 7.43. The van der Waals surface area contributed by atoms with Crippen LogP contribution in [0.5, 0.6) is 0 Å². The highest BCUT2D eigenvalue weighted by Crippen LogP contribution is 2.37. The Kier molecular flexibility index (Phi) is 3.87. The minimum Gasteiger partial charge on any atom is -0.456 e. The Balaban J connectivity index is 1.52. The number of hydrogen-bond donors (Lipinski definition) is 0. The van der Waals surface area contributed by atoms with E-state index in [0.29, 0.717) is 24.2 Å². The molecule has 3 aliphatic rings. The summed E-state index contributed by atoms with van der Waals surface area (Å²) in [7, 11) is 1.87. The number of piperidine rings is 3. The third kappa shape index (κ3) is 3.06. The molecule has 0 aromatic carbocycles. The van der Waals surface area contributed by atoms with Gasteiger partial charge in [0.2, 0.25) is 5.82 Å². The largest absolute Gasteiger partial charge is 0.456 e. The molecule has 3 aliphatic heterocycles. The lowest BCUT2D eigenvalue weighted by Gasteiger charge is -2.51. The van der Waals surface area contributed by atoms with Crippen molar-refractivity contribution in [2.45, 2.75) is 39.3 Å². The third-order valence-corrected chi connectivity index (χ3v) is 5.52. The number of nitrogens with zero attached hydrogens (tertiary/aromatic N) is 5. The number of carbonyl (C=O) groups excluding carboxylic acids is 1. The van der Waals surface area contributed by atoms with Crippen molar-refractivity contribution >= 4 is 5.97 Å². The first kappa shape index (κ1) is 16.3. The lowest BCUT2D eigenvalue weighted by atomic mass is 9.83. The number of fused-ring (bicyclic) bond motifs is 3. The van der Waals surface area contributed by atoms with Crippen LogP contribution in [0.1, 0.15) is 31.3 Å². The summed E-state index contributed by atoms with van der Waals surface area (Å²) in [6, 6.07) is 1.94. The van der Waals surface area contributed by atoms with Crippen molar-refractivity contribution in [3.05, 3.63) is 17.6 Å². The van der Waals surface area contributed by atoms with Crippen LogP contribution in [0.3, 0.4) is 0 Å². The maximum absolute atomic E-state index is 11.4. The van der Waals surface area contributed by atoms with E-state index in [1.54, 1.807) is 4.68 Å². The number of ether oxygens (including phenoxy) is 1. The molecule has 0 amide bonds. The minimum atomic E-state index is -0.190. The number of aryl methyl sites for hydroxylation is 2. The Morgan fingerprint density at radius 2 is 2.20 bits per heavy atom. The molecule has 134 valence electrons. The summed E-state index contributed by atoms with van der Waals surface area (Å²) >= 11 is 0. The van der Waals surface area contributed by atoms with E-state index in [-0.39, 0.29) is 12.1 Å². The molecule has 2 aromatic heterocycles. The number of quaternary nitrogens is 1. The summed E-state index contributed by atoms with van der Waals surface area (Å²) < 4.78 is 13.6. The van der Waals surface area contributed by atoms with E-state index >= 15 is 0 Å². The van der Waals surface area contributed by atoms with Crippen molar-refractivity contribution in [3.63, 3.8) is 0 Å². The molecule has 2 bridgehead atoms. The van der Waals surface area contributed by atoms with E-state index in [1.807, 2.05) is 20.0 Å². The van der Waals surface area contributed by atoms with E-state index in [1.165, 1.54) is 6.92 Å². The average molecular weight is 346 g/mol. The Hall–Kier alpha value is -2.22. The van der Waals surface area contributed by atoms with Crippen molar-refractivity contribution in [2.75, 3.05) is 19.6 Å². The van der Waals surface area contributed by atoms with Crippen LogP contribution in [0.15, 0.2) is 10.6 Å². The van der Waals surface area contributed by atoms with Gasteiger partial charge < -0.3 is 13.7 Å². The maximum Gasteiger partial charge on any atom is 0.303 e. The fourth-order valence-electron chi connectivity index (χ4n) is 4.32. The topological polar surface area (TPSA) is 83.0 Å². The monoisotopic (exact) mass is 346 g/mol. The Morgan fingerprint density at radius 1 is 1.44 bits per heavy atom. The average Bonchev–Trinajstić information content (AvgIpc) is 3.13. The standard InChI is InChI=1S/C17H24N5O3/c1-11-8-14(21(3)19-11)17-18-16(20-25-17)10-22-6-4-13(5-7-22)15(9-22)24-12(2)23/h8,13,15H,4-7,9-10H2,1-3H3/q+1. The van der Waals surface area contributed by atoms with E-state index in [2.05, 4.69) is 15.2 Å². The zero-order valence-electron chi connectivity index (χ0n) is 14.9. The van der Waals surface area contributed by atoms with E-state index in [0.717, 1.165) is 48.3 Å². The fraction of sp³-hybridized carbons (Fsp3) is 0.647. The molecular weight excluding hydrogens is 322 g/mol. The van der Waals surface area contributed by atoms with Gasteiger partial charge in [0.25, 0.3) is 5.89 Å². The van der Waals surface area contributed by atoms with Gasteiger partial charge in [-0.3, -0.25) is 9.48 Å². The van der Waals surface area contributed by atoms with Gasteiger partial charge in [-0.05, 0) is 13.0 Å². The predicted molar refractivity (Wildman–Crippen MR) is 88.1 cm³/mol. The molecule has 0 radical (unpaired) electrons. The smallest absolute Gasteiger partial charge is 0.303 e. The van der Waals surface area contributed by atoms with Gasteiger partial charge in [0.1, 0.15) is 18.8 Å². The second kappa shape index (κ2) is 5.94. The van der Waals surface area contributed by atoms with Gasteiger partial charge in [-0.2, -0.15) is 10.1 Å².